The van der Waals surface area contributed by atoms with Crippen LogP contribution in [0.1, 0.15) is 43.2 Å². The van der Waals surface area contributed by atoms with Crippen LogP contribution in [0, 0.1) is 0 Å². The highest BCUT2D eigenvalue weighted by molar-refractivity contribution is 5.32. The van der Waals surface area contributed by atoms with E-state index in [-0.39, 0.29) is 6.10 Å². The zero-order chi connectivity index (χ0) is 12.1. The standard InChI is InChI=1S/C15H23NO/c1-12(17)9-10-16-11-14-7-4-6-13-5-2-3-8-15(13)14/h2-3,5,8,12,14,16-17H,4,6-7,9-11H2,1H3. The summed E-state index contributed by atoms with van der Waals surface area (Å²) in [5, 5.41) is 12.7. The van der Waals surface area contributed by atoms with E-state index < -0.39 is 0 Å². The summed E-state index contributed by atoms with van der Waals surface area (Å²) >= 11 is 0. The van der Waals surface area contributed by atoms with Crippen molar-refractivity contribution in [1.29, 1.82) is 0 Å². The van der Waals surface area contributed by atoms with Crippen LogP contribution in [0.2, 0.25) is 0 Å². The maximum Gasteiger partial charge on any atom is 0.0524 e. The zero-order valence-corrected chi connectivity index (χ0v) is 10.7. The highest BCUT2D eigenvalue weighted by atomic mass is 16.3. The molecule has 0 bridgehead atoms. The van der Waals surface area contributed by atoms with E-state index in [2.05, 4.69) is 29.6 Å². The maximum absolute atomic E-state index is 9.21. The second-order valence-corrected chi connectivity index (χ2v) is 5.13. The van der Waals surface area contributed by atoms with Crippen LogP contribution in [-0.4, -0.2) is 24.3 Å². The summed E-state index contributed by atoms with van der Waals surface area (Å²) < 4.78 is 0. The quantitative estimate of drug-likeness (QED) is 0.766. The molecule has 2 N–H and O–H groups in total. The minimum absolute atomic E-state index is 0.193. The Bertz CT molecular complexity index is 349. The fourth-order valence-corrected chi connectivity index (χ4v) is 2.65. The fraction of sp³-hybridized carbons (Fsp3) is 0.600. The monoisotopic (exact) mass is 233 g/mol. The van der Waals surface area contributed by atoms with Crippen LogP contribution < -0.4 is 5.32 Å². The average molecular weight is 233 g/mol. The minimum Gasteiger partial charge on any atom is -0.393 e. The van der Waals surface area contributed by atoms with E-state index >= 15 is 0 Å². The molecule has 0 saturated carbocycles. The van der Waals surface area contributed by atoms with Gasteiger partial charge in [-0.1, -0.05) is 24.3 Å². The fourth-order valence-electron chi connectivity index (χ4n) is 2.65. The summed E-state index contributed by atoms with van der Waals surface area (Å²) in [4.78, 5) is 0. The van der Waals surface area contributed by atoms with Gasteiger partial charge in [0.1, 0.15) is 0 Å². The summed E-state index contributed by atoms with van der Waals surface area (Å²) in [6, 6.07) is 8.82. The molecule has 0 saturated heterocycles. The van der Waals surface area contributed by atoms with Crippen LogP contribution in [0.15, 0.2) is 24.3 Å². The number of aryl methyl sites for hydroxylation is 1. The largest absolute Gasteiger partial charge is 0.393 e. The molecule has 0 spiro atoms. The zero-order valence-electron chi connectivity index (χ0n) is 10.7. The number of aliphatic hydroxyl groups excluding tert-OH is 1. The lowest BCUT2D eigenvalue weighted by Gasteiger charge is -2.25. The van der Waals surface area contributed by atoms with E-state index in [1.54, 1.807) is 0 Å². The highest BCUT2D eigenvalue weighted by Crippen LogP contribution is 2.30. The summed E-state index contributed by atoms with van der Waals surface area (Å²) in [5.41, 5.74) is 3.06. The van der Waals surface area contributed by atoms with Crippen LogP contribution in [0.5, 0.6) is 0 Å². The van der Waals surface area contributed by atoms with Gasteiger partial charge < -0.3 is 10.4 Å². The van der Waals surface area contributed by atoms with Gasteiger partial charge >= 0.3 is 0 Å². The topological polar surface area (TPSA) is 32.3 Å². The van der Waals surface area contributed by atoms with E-state index in [1.807, 2.05) is 6.92 Å². The lowest BCUT2D eigenvalue weighted by atomic mass is 9.83. The van der Waals surface area contributed by atoms with Gasteiger partial charge in [0.2, 0.25) is 0 Å². The Morgan fingerprint density at radius 2 is 2.24 bits per heavy atom. The van der Waals surface area contributed by atoms with Crippen LogP contribution in [-0.2, 0) is 6.42 Å². The molecule has 94 valence electrons. The third kappa shape index (κ3) is 3.55. The first kappa shape index (κ1) is 12.6. The van der Waals surface area contributed by atoms with Gasteiger partial charge in [0.25, 0.3) is 0 Å². The summed E-state index contributed by atoms with van der Waals surface area (Å²) in [5.74, 6) is 0.661. The van der Waals surface area contributed by atoms with E-state index in [9.17, 15) is 5.11 Å². The Kier molecular flexibility index (Phi) is 4.57. The average Bonchev–Trinajstić information content (AvgIpc) is 2.34. The molecule has 2 nitrogen and oxygen atoms in total. The van der Waals surface area contributed by atoms with Gasteiger partial charge in [-0.3, -0.25) is 0 Å². The van der Waals surface area contributed by atoms with Crippen molar-refractivity contribution in [2.45, 2.75) is 44.6 Å². The normalized spacial score (nSPS) is 20.9. The number of hydrogen-bond donors (Lipinski definition) is 2. The lowest BCUT2D eigenvalue weighted by molar-refractivity contribution is 0.183. The molecule has 2 unspecified atom stereocenters. The molecule has 2 rings (SSSR count). The van der Waals surface area contributed by atoms with E-state index in [1.165, 1.54) is 30.4 Å². The van der Waals surface area contributed by atoms with Crippen LogP contribution in [0.3, 0.4) is 0 Å². The van der Waals surface area contributed by atoms with Gasteiger partial charge in [-0.15, -0.1) is 0 Å². The lowest BCUT2D eigenvalue weighted by Crippen LogP contribution is -2.26. The van der Waals surface area contributed by atoms with Gasteiger partial charge in [-0.25, -0.2) is 0 Å². The molecule has 1 aliphatic rings. The summed E-state index contributed by atoms with van der Waals surface area (Å²) in [6.07, 6.45) is 4.48. The molecule has 0 fully saturated rings. The first-order valence-electron chi connectivity index (χ1n) is 6.74. The molecule has 0 radical (unpaired) electrons. The molecule has 1 aromatic rings. The third-order valence-corrected chi connectivity index (χ3v) is 3.62. The SMILES string of the molecule is CC(O)CCNCC1CCCc2ccccc21. The molecule has 2 atom stereocenters. The molecule has 1 aliphatic carbocycles. The van der Waals surface area contributed by atoms with Gasteiger partial charge in [-0.2, -0.15) is 0 Å². The van der Waals surface area contributed by atoms with Crippen molar-refractivity contribution in [1.82, 2.24) is 5.32 Å². The number of hydrogen-bond acceptors (Lipinski definition) is 2. The van der Waals surface area contributed by atoms with Crippen molar-refractivity contribution >= 4 is 0 Å². The van der Waals surface area contributed by atoms with Gasteiger partial charge in [0, 0.05) is 6.54 Å². The highest BCUT2D eigenvalue weighted by Gasteiger charge is 2.18. The molecule has 1 aromatic carbocycles. The second kappa shape index (κ2) is 6.18. The van der Waals surface area contributed by atoms with Crippen molar-refractivity contribution in [3.8, 4) is 0 Å². The first-order valence-corrected chi connectivity index (χ1v) is 6.74. The predicted octanol–water partition coefficient (Wildman–Crippen LogP) is 2.47. The van der Waals surface area contributed by atoms with Crippen LogP contribution in [0.4, 0.5) is 0 Å². The van der Waals surface area contributed by atoms with Gasteiger partial charge in [-0.05, 0) is 56.2 Å². The van der Waals surface area contributed by atoms with Crippen molar-refractivity contribution in [3.05, 3.63) is 35.4 Å². The van der Waals surface area contributed by atoms with Crippen molar-refractivity contribution in [2.75, 3.05) is 13.1 Å². The molecule has 0 aliphatic heterocycles. The van der Waals surface area contributed by atoms with Crippen molar-refractivity contribution < 1.29 is 5.11 Å². The number of fused-ring (bicyclic) bond motifs is 1. The van der Waals surface area contributed by atoms with E-state index in [4.69, 9.17) is 0 Å². The Balaban J connectivity index is 1.86. The molecule has 2 heteroatoms. The minimum atomic E-state index is -0.193. The predicted molar refractivity (Wildman–Crippen MR) is 71.3 cm³/mol. The summed E-state index contributed by atoms with van der Waals surface area (Å²) in [7, 11) is 0. The number of benzene rings is 1. The summed E-state index contributed by atoms with van der Waals surface area (Å²) in [6.45, 7) is 3.80. The third-order valence-electron chi connectivity index (χ3n) is 3.62. The van der Waals surface area contributed by atoms with Crippen molar-refractivity contribution in [3.63, 3.8) is 0 Å². The second-order valence-electron chi connectivity index (χ2n) is 5.13. The Labute approximate surface area is 104 Å². The van der Waals surface area contributed by atoms with E-state index in [0.717, 1.165) is 19.5 Å². The Morgan fingerprint density at radius 1 is 1.41 bits per heavy atom. The molecule has 17 heavy (non-hydrogen) atoms. The number of nitrogens with one attached hydrogen (secondary N) is 1. The number of aliphatic hydroxyl groups is 1. The van der Waals surface area contributed by atoms with Gasteiger partial charge in [0.05, 0.1) is 6.10 Å². The Hall–Kier alpha value is -0.860. The van der Waals surface area contributed by atoms with E-state index in [0.29, 0.717) is 5.92 Å². The molecule has 0 aromatic heterocycles. The first-order chi connectivity index (χ1) is 8.27. The van der Waals surface area contributed by atoms with Gasteiger partial charge in [0.15, 0.2) is 0 Å². The maximum atomic E-state index is 9.21. The van der Waals surface area contributed by atoms with Crippen molar-refractivity contribution in [2.24, 2.45) is 0 Å². The Morgan fingerprint density at radius 3 is 3.06 bits per heavy atom. The van der Waals surface area contributed by atoms with Crippen LogP contribution >= 0.6 is 0 Å². The molecular formula is C15H23NO. The smallest absolute Gasteiger partial charge is 0.0524 e. The number of rotatable bonds is 5. The molecule has 0 heterocycles. The molecular weight excluding hydrogens is 210 g/mol. The van der Waals surface area contributed by atoms with Crippen LogP contribution in [0.25, 0.3) is 0 Å². The molecule has 0 amide bonds.